The Morgan fingerprint density at radius 1 is 1.25 bits per heavy atom. The zero-order chi connectivity index (χ0) is 29.7. The standard InChI is InChI=1S/C27H37FN4O8/c1-4-5-6-30-10-16(33)31-15-9-14(28)12-7-11-8-13-20(32(2)3)23(36)19(26(29)39)25(38)27(13,40)24(37)17(11)22(35)18(12)21(15)34/h9,11,13,17,19-20,23,25,30,34,36,38,40H,4-8,10H2,1-3H3,(H2,29,39)(H,31,33). The summed E-state index contributed by atoms with van der Waals surface area (Å²) >= 11 is 0. The molecule has 0 saturated heterocycles. The second-order valence-corrected chi connectivity index (χ2v) is 11.3. The third kappa shape index (κ3) is 4.69. The summed E-state index contributed by atoms with van der Waals surface area (Å²) < 4.78 is 15.3. The Bertz CT molecular complexity index is 1230. The van der Waals surface area contributed by atoms with Gasteiger partial charge in [0.15, 0.2) is 17.2 Å². The van der Waals surface area contributed by atoms with E-state index in [-0.39, 0.29) is 30.6 Å². The van der Waals surface area contributed by atoms with Crippen LogP contribution < -0.4 is 16.4 Å². The molecular weight excluding hydrogens is 527 g/mol. The Morgan fingerprint density at radius 2 is 1.93 bits per heavy atom. The highest BCUT2D eigenvalue weighted by atomic mass is 19.1. The van der Waals surface area contributed by atoms with E-state index in [1.54, 1.807) is 14.1 Å². The molecule has 3 aliphatic carbocycles. The number of anilines is 1. The summed E-state index contributed by atoms with van der Waals surface area (Å²) in [5.41, 5.74) is 1.85. The molecule has 0 radical (unpaired) electrons. The normalized spacial score (nSPS) is 33.2. The van der Waals surface area contributed by atoms with Gasteiger partial charge in [0.1, 0.15) is 17.7 Å². The maximum absolute atomic E-state index is 15.3. The summed E-state index contributed by atoms with van der Waals surface area (Å²) in [6, 6.07) is -0.0740. The number of hydrogen-bond acceptors (Lipinski definition) is 10. The van der Waals surface area contributed by atoms with E-state index in [1.165, 1.54) is 4.90 Å². The number of aliphatic hydroxyl groups excluding tert-OH is 2. The van der Waals surface area contributed by atoms with Crippen LogP contribution in [0.1, 0.15) is 42.1 Å². The molecule has 40 heavy (non-hydrogen) atoms. The largest absolute Gasteiger partial charge is 0.505 e. The van der Waals surface area contributed by atoms with E-state index in [0.717, 1.165) is 18.9 Å². The minimum absolute atomic E-state index is 0.0668. The number of Topliss-reactive ketones (excluding diaryl/α,β-unsaturated/α-hetero) is 2. The molecule has 1 aromatic rings. The van der Waals surface area contributed by atoms with Gasteiger partial charge in [0.05, 0.1) is 35.7 Å². The van der Waals surface area contributed by atoms with Crippen molar-refractivity contribution in [2.75, 3.05) is 32.5 Å². The number of carbonyl (C=O) groups excluding carboxylic acids is 4. The van der Waals surface area contributed by atoms with E-state index < -0.39 is 88.0 Å². The maximum Gasteiger partial charge on any atom is 0.238 e. The number of hydrogen-bond donors (Lipinski definition) is 7. The number of nitrogens with one attached hydrogen (secondary N) is 2. The third-order valence-electron chi connectivity index (χ3n) is 8.73. The van der Waals surface area contributed by atoms with Gasteiger partial charge >= 0.3 is 0 Å². The molecule has 8 N–H and O–H groups in total. The number of aromatic hydroxyl groups is 1. The van der Waals surface area contributed by atoms with Crippen molar-refractivity contribution in [3.8, 4) is 5.75 Å². The summed E-state index contributed by atoms with van der Waals surface area (Å²) in [6.07, 6.45) is -2.08. The minimum Gasteiger partial charge on any atom is -0.505 e. The van der Waals surface area contributed by atoms with Crippen molar-refractivity contribution in [3.63, 3.8) is 0 Å². The molecular formula is C27H37FN4O8. The van der Waals surface area contributed by atoms with Crippen LogP contribution in [0.15, 0.2) is 6.07 Å². The Labute approximate surface area is 230 Å². The molecule has 3 aliphatic rings. The predicted octanol–water partition coefficient (Wildman–Crippen LogP) is -1.08. The van der Waals surface area contributed by atoms with E-state index in [4.69, 9.17) is 5.73 Å². The molecule has 2 amide bonds. The molecule has 220 valence electrons. The number of benzene rings is 1. The second kappa shape index (κ2) is 11.1. The third-order valence-corrected chi connectivity index (χ3v) is 8.73. The maximum atomic E-state index is 15.3. The zero-order valence-electron chi connectivity index (χ0n) is 22.7. The molecule has 0 aliphatic heterocycles. The summed E-state index contributed by atoms with van der Waals surface area (Å²) in [6.45, 7) is 2.46. The number of likely N-dealkylation sites (N-methyl/N-ethyl adjacent to an activating group) is 1. The zero-order valence-corrected chi connectivity index (χ0v) is 22.7. The van der Waals surface area contributed by atoms with Crippen LogP contribution in [0.5, 0.6) is 5.75 Å². The Morgan fingerprint density at radius 3 is 2.52 bits per heavy atom. The first-order valence-electron chi connectivity index (χ1n) is 13.4. The monoisotopic (exact) mass is 564 g/mol. The smallest absolute Gasteiger partial charge is 0.238 e. The number of unbranched alkanes of at least 4 members (excludes halogenated alkanes) is 1. The SMILES string of the molecule is CCCCNCC(=O)Nc1cc(F)c2c(c1O)C(=O)C1C(=O)C3(O)C(O)C(C(N)=O)C(O)C(N(C)C)C3CC1C2. The number of rotatable bonds is 8. The number of halogens is 1. The number of phenols is 1. The van der Waals surface area contributed by atoms with Gasteiger partial charge in [-0.1, -0.05) is 13.3 Å². The number of carbonyl (C=O) groups is 4. The van der Waals surface area contributed by atoms with Crippen molar-refractivity contribution >= 4 is 29.1 Å². The lowest BCUT2D eigenvalue weighted by Crippen LogP contribution is -2.76. The van der Waals surface area contributed by atoms with Gasteiger partial charge in [0, 0.05) is 23.6 Å². The summed E-state index contributed by atoms with van der Waals surface area (Å²) in [5, 5.41) is 49.9. The van der Waals surface area contributed by atoms with E-state index in [9.17, 15) is 39.6 Å². The molecule has 8 unspecified atom stereocenters. The van der Waals surface area contributed by atoms with Crippen LogP contribution in [0.2, 0.25) is 0 Å². The molecule has 13 heteroatoms. The molecule has 1 aromatic carbocycles. The molecule has 2 saturated carbocycles. The van der Waals surface area contributed by atoms with Crippen molar-refractivity contribution in [1.29, 1.82) is 0 Å². The van der Waals surface area contributed by atoms with Crippen LogP contribution in [0.4, 0.5) is 10.1 Å². The fourth-order valence-corrected chi connectivity index (χ4v) is 6.84. The summed E-state index contributed by atoms with van der Waals surface area (Å²) in [5.74, 6) is -10.5. The average molecular weight is 565 g/mol. The Balaban J connectivity index is 1.71. The number of amides is 2. The number of nitrogens with two attached hydrogens (primary N) is 1. The van der Waals surface area contributed by atoms with Crippen LogP contribution in [0.25, 0.3) is 0 Å². The van der Waals surface area contributed by atoms with E-state index in [1.807, 2.05) is 6.92 Å². The number of primary amides is 1. The lowest BCUT2D eigenvalue weighted by atomic mass is 9.51. The van der Waals surface area contributed by atoms with Crippen molar-refractivity contribution in [1.82, 2.24) is 10.2 Å². The van der Waals surface area contributed by atoms with Crippen LogP contribution in [-0.4, -0.2) is 99.7 Å². The van der Waals surface area contributed by atoms with Gasteiger partial charge in [-0.15, -0.1) is 0 Å². The van der Waals surface area contributed by atoms with Crippen LogP contribution in [0, 0.1) is 29.5 Å². The van der Waals surface area contributed by atoms with E-state index >= 15 is 4.39 Å². The number of phenolic OH excluding ortho intramolecular Hbond substituents is 1. The molecule has 0 spiro atoms. The van der Waals surface area contributed by atoms with Gasteiger partial charge in [-0.05, 0) is 45.8 Å². The Kier molecular flexibility index (Phi) is 8.35. The van der Waals surface area contributed by atoms with E-state index in [2.05, 4.69) is 10.6 Å². The fraction of sp³-hybridized carbons (Fsp3) is 0.630. The molecule has 0 aromatic heterocycles. The lowest BCUT2D eigenvalue weighted by Gasteiger charge is -2.57. The average Bonchev–Trinajstić information content (AvgIpc) is 2.86. The van der Waals surface area contributed by atoms with Crippen molar-refractivity contribution < 1.29 is 44.0 Å². The quantitative estimate of drug-likeness (QED) is 0.116. The number of fused-ring (bicyclic) bond motifs is 3. The van der Waals surface area contributed by atoms with Crippen LogP contribution in [-0.2, 0) is 20.8 Å². The number of ketones is 2. The van der Waals surface area contributed by atoms with Gasteiger partial charge in [-0.25, -0.2) is 4.39 Å². The highest BCUT2D eigenvalue weighted by Crippen LogP contribution is 2.53. The van der Waals surface area contributed by atoms with Gasteiger partial charge in [0.2, 0.25) is 11.8 Å². The molecule has 2 fully saturated rings. The predicted molar refractivity (Wildman–Crippen MR) is 140 cm³/mol. The second-order valence-electron chi connectivity index (χ2n) is 11.3. The molecule has 0 heterocycles. The topological polar surface area (TPSA) is 203 Å². The van der Waals surface area contributed by atoms with Crippen molar-refractivity contribution in [3.05, 3.63) is 23.0 Å². The highest BCUT2D eigenvalue weighted by molar-refractivity contribution is 6.17. The molecule has 4 rings (SSSR count). The van der Waals surface area contributed by atoms with Crippen LogP contribution in [0.3, 0.4) is 0 Å². The Hall–Kier alpha value is -2.97. The fourth-order valence-electron chi connectivity index (χ4n) is 6.84. The summed E-state index contributed by atoms with van der Waals surface area (Å²) in [4.78, 5) is 53.6. The van der Waals surface area contributed by atoms with E-state index in [0.29, 0.717) is 6.54 Å². The lowest BCUT2D eigenvalue weighted by molar-refractivity contribution is -0.224. The van der Waals surface area contributed by atoms with Gasteiger partial charge in [-0.3, -0.25) is 19.2 Å². The number of aliphatic hydroxyl groups is 3. The van der Waals surface area contributed by atoms with Gasteiger partial charge in [-0.2, -0.15) is 0 Å². The minimum atomic E-state index is -2.62. The first-order valence-corrected chi connectivity index (χ1v) is 13.4. The van der Waals surface area contributed by atoms with Crippen molar-refractivity contribution in [2.24, 2.45) is 29.4 Å². The summed E-state index contributed by atoms with van der Waals surface area (Å²) in [7, 11) is 3.13. The van der Waals surface area contributed by atoms with Crippen molar-refractivity contribution in [2.45, 2.75) is 56.5 Å². The number of nitrogens with zero attached hydrogens (tertiary/aromatic N) is 1. The first kappa shape index (κ1) is 30.0. The van der Waals surface area contributed by atoms with Gasteiger partial charge < -0.3 is 41.7 Å². The van der Waals surface area contributed by atoms with Gasteiger partial charge in [0.25, 0.3) is 0 Å². The molecule has 0 bridgehead atoms. The molecule has 8 atom stereocenters. The first-order chi connectivity index (χ1) is 18.8. The molecule has 12 nitrogen and oxygen atoms in total. The highest BCUT2D eigenvalue weighted by Gasteiger charge is 2.69. The van der Waals surface area contributed by atoms with Crippen LogP contribution >= 0.6 is 0 Å².